The second kappa shape index (κ2) is 7.60. The first-order chi connectivity index (χ1) is 11.9. The molecule has 3 saturated heterocycles. The number of carbonyl (C=O) groups is 2. The molecule has 3 atom stereocenters. The molecule has 0 saturated carbocycles. The molecule has 1 N–H and O–H groups in total. The summed E-state index contributed by atoms with van der Waals surface area (Å²) in [5, 5.41) is 9.98. The Bertz CT molecular complexity index is 509. The molecule has 0 aliphatic carbocycles. The predicted octanol–water partition coefficient (Wildman–Crippen LogP) is -0.0710. The van der Waals surface area contributed by atoms with Gasteiger partial charge < -0.3 is 19.6 Å². The minimum Gasteiger partial charge on any atom is -0.394 e. The summed E-state index contributed by atoms with van der Waals surface area (Å²) in [6.07, 6.45) is 2.06. The number of hydrogen-bond donors (Lipinski definition) is 1. The lowest BCUT2D eigenvalue weighted by Crippen LogP contribution is -2.54. The summed E-state index contributed by atoms with van der Waals surface area (Å²) < 4.78 is 5.35. The lowest BCUT2D eigenvalue weighted by atomic mass is 9.89. The molecule has 7 nitrogen and oxygen atoms in total. The third-order valence-electron chi connectivity index (χ3n) is 6.11. The predicted molar refractivity (Wildman–Crippen MR) is 93.0 cm³/mol. The van der Waals surface area contributed by atoms with Crippen LogP contribution in [-0.2, 0) is 14.3 Å². The average molecular weight is 353 g/mol. The third-order valence-corrected chi connectivity index (χ3v) is 6.11. The van der Waals surface area contributed by atoms with E-state index in [1.54, 1.807) is 6.92 Å². The van der Waals surface area contributed by atoms with E-state index in [1.807, 2.05) is 16.7 Å². The van der Waals surface area contributed by atoms with E-state index in [0.717, 1.165) is 45.7 Å². The van der Waals surface area contributed by atoms with Gasteiger partial charge in [0.2, 0.25) is 11.8 Å². The van der Waals surface area contributed by atoms with Crippen molar-refractivity contribution in [1.82, 2.24) is 14.7 Å². The van der Waals surface area contributed by atoms with Gasteiger partial charge >= 0.3 is 0 Å². The van der Waals surface area contributed by atoms with Crippen LogP contribution in [0.5, 0.6) is 0 Å². The van der Waals surface area contributed by atoms with Crippen molar-refractivity contribution in [2.75, 3.05) is 52.5 Å². The van der Waals surface area contributed by atoms with Gasteiger partial charge in [-0.25, -0.2) is 0 Å². The highest BCUT2D eigenvalue weighted by molar-refractivity contribution is 5.78. The Kier molecular flexibility index (Phi) is 5.65. The highest BCUT2D eigenvalue weighted by atomic mass is 16.5. The summed E-state index contributed by atoms with van der Waals surface area (Å²) >= 11 is 0. The molecule has 0 aromatic rings. The molecule has 0 aromatic carbocycles. The number of rotatable bonds is 4. The van der Waals surface area contributed by atoms with Crippen molar-refractivity contribution >= 4 is 11.8 Å². The molecule has 2 amide bonds. The summed E-state index contributed by atoms with van der Waals surface area (Å²) in [4.78, 5) is 30.8. The molecule has 142 valence electrons. The van der Waals surface area contributed by atoms with Gasteiger partial charge in [-0.05, 0) is 25.7 Å². The van der Waals surface area contributed by atoms with Crippen LogP contribution in [0, 0.1) is 5.92 Å². The number of aliphatic hydroxyl groups excluding tert-OH is 1. The first-order valence-corrected chi connectivity index (χ1v) is 9.43. The summed E-state index contributed by atoms with van der Waals surface area (Å²) in [6.45, 7) is 8.93. The van der Waals surface area contributed by atoms with Gasteiger partial charge in [-0.15, -0.1) is 0 Å². The van der Waals surface area contributed by atoms with E-state index < -0.39 is 5.54 Å². The molecule has 0 aromatic heterocycles. The van der Waals surface area contributed by atoms with Crippen molar-refractivity contribution in [3.8, 4) is 0 Å². The van der Waals surface area contributed by atoms with Crippen LogP contribution in [0.3, 0.4) is 0 Å². The zero-order chi connectivity index (χ0) is 18.0. The SMILES string of the molecule is CC(=O)N1CC[C@H]2[C@H](C1)C[C@](C)(CO)N2C(=O)CCN1CCOCC1. The van der Waals surface area contributed by atoms with Crippen LogP contribution in [-0.4, -0.2) is 95.7 Å². The second-order valence-electron chi connectivity index (χ2n) is 7.91. The highest BCUT2D eigenvalue weighted by Crippen LogP contribution is 2.42. The van der Waals surface area contributed by atoms with Gasteiger partial charge in [0.05, 0.1) is 25.4 Å². The fraction of sp³-hybridized carbons (Fsp3) is 0.889. The Hall–Kier alpha value is -1.18. The molecule has 3 aliphatic rings. The summed E-state index contributed by atoms with van der Waals surface area (Å²) in [5.74, 6) is 0.496. The number of aliphatic hydroxyl groups is 1. The fourth-order valence-electron chi connectivity index (χ4n) is 4.74. The molecule has 0 unspecified atom stereocenters. The highest BCUT2D eigenvalue weighted by Gasteiger charge is 2.52. The van der Waals surface area contributed by atoms with Crippen LogP contribution in [0.25, 0.3) is 0 Å². The molecule has 25 heavy (non-hydrogen) atoms. The minimum atomic E-state index is -0.510. The van der Waals surface area contributed by atoms with Crippen LogP contribution < -0.4 is 0 Å². The van der Waals surface area contributed by atoms with Crippen molar-refractivity contribution in [3.63, 3.8) is 0 Å². The number of fused-ring (bicyclic) bond motifs is 1. The zero-order valence-electron chi connectivity index (χ0n) is 15.4. The lowest BCUT2D eigenvalue weighted by Gasteiger charge is -2.41. The van der Waals surface area contributed by atoms with E-state index in [4.69, 9.17) is 4.74 Å². The lowest BCUT2D eigenvalue weighted by molar-refractivity contribution is -0.141. The van der Waals surface area contributed by atoms with Crippen molar-refractivity contribution in [1.29, 1.82) is 0 Å². The number of amides is 2. The Morgan fingerprint density at radius 1 is 1.24 bits per heavy atom. The summed E-state index contributed by atoms with van der Waals surface area (Å²) in [5.41, 5.74) is -0.510. The Labute approximate surface area is 149 Å². The third kappa shape index (κ3) is 3.83. The zero-order valence-corrected chi connectivity index (χ0v) is 15.4. The Morgan fingerprint density at radius 2 is 1.96 bits per heavy atom. The van der Waals surface area contributed by atoms with E-state index in [9.17, 15) is 14.7 Å². The number of nitrogens with zero attached hydrogens (tertiary/aromatic N) is 3. The maximum Gasteiger partial charge on any atom is 0.224 e. The van der Waals surface area contributed by atoms with Crippen LogP contribution in [0.1, 0.15) is 33.1 Å². The minimum absolute atomic E-state index is 0.0244. The quantitative estimate of drug-likeness (QED) is 0.766. The number of carbonyl (C=O) groups excluding carboxylic acids is 2. The van der Waals surface area contributed by atoms with Gasteiger partial charge in [-0.2, -0.15) is 0 Å². The monoisotopic (exact) mass is 353 g/mol. The van der Waals surface area contributed by atoms with Crippen molar-refractivity contribution in [3.05, 3.63) is 0 Å². The second-order valence-corrected chi connectivity index (χ2v) is 7.91. The van der Waals surface area contributed by atoms with Crippen LogP contribution in [0.15, 0.2) is 0 Å². The largest absolute Gasteiger partial charge is 0.394 e. The Balaban J connectivity index is 1.65. The van der Waals surface area contributed by atoms with Crippen molar-refractivity contribution < 1.29 is 19.4 Å². The number of morpholine rings is 1. The number of piperidine rings is 1. The molecular weight excluding hydrogens is 322 g/mol. The molecule has 0 spiro atoms. The van der Waals surface area contributed by atoms with Crippen LogP contribution in [0.4, 0.5) is 0 Å². The van der Waals surface area contributed by atoms with Gasteiger partial charge in [0.25, 0.3) is 0 Å². The smallest absolute Gasteiger partial charge is 0.224 e. The molecule has 3 aliphatic heterocycles. The van der Waals surface area contributed by atoms with Crippen LogP contribution >= 0.6 is 0 Å². The standard InChI is InChI=1S/C18H31N3O4/c1-14(23)20-6-3-16-15(12-20)11-18(2,13-22)21(16)17(24)4-5-19-7-9-25-10-8-19/h15-16,22H,3-13H2,1-2H3/t15-,16-,18+/m0/s1. The first kappa shape index (κ1) is 18.6. The fourth-order valence-corrected chi connectivity index (χ4v) is 4.74. The molecule has 3 heterocycles. The van der Waals surface area contributed by atoms with E-state index in [0.29, 0.717) is 19.5 Å². The number of hydrogen-bond acceptors (Lipinski definition) is 5. The Morgan fingerprint density at radius 3 is 2.60 bits per heavy atom. The van der Waals surface area contributed by atoms with E-state index in [2.05, 4.69) is 4.90 Å². The molecule has 3 fully saturated rings. The summed E-state index contributed by atoms with van der Waals surface area (Å²) in [7, 11) is 0. The van der Waals surface area contributed by atoms with Gasteiger partial charge in [-0.3, -0.25) is 14.5 Å². The maximum absolute atomic E-state index is 13.0. The van der Waals surface area contributed by atoms with E-state index in [1.165, 1.54) is 0 Å². The van der Waals surface area contributed by atoms with Gasteiger partial charge in [-0.1, -0.05) is 0 Å². The van der Waals surface area contributed by atoms with Crippen molar-refractivity contribution in [2.24, 2.45) is 5.92 Å². The maximum atomic E-state index is 13.0. The average Bonchev–Trinajstić information content (AvgIpc) is 2.92. The molecule has 0 bridgehead atoms. The summed E-state index contributed by atoms with van der Waals surface area (Å²) in [6, 6.07) is 0.143. The first-order valence-electron chi connectivity index (χ1n) is 9.43. The number of likely N-dealkylation sites (tertiary alicyclic amines) is 2. The van der Waals surface area contributed by atoms with Gasteiger partial charge in [0.1, 0.15) is 0 Å². The van der Waals surface area contributed by atoms with Gasteiger partial charge in [0, 0.05) is 52.1 Å². The normalized spacial score (nSPS) is 33.4. The number of ether oxygens (including phenoxy) is 1. The molecule has 7 heteroatoms. The molecule has 0 radical (unpaired) electrons. The topological polar surface area (TPSA) is 73.3 Å². The van der Waals surface area contributed by atoms with E-state index >= 15 is 0 Å². The molecular formula is C18H31N3O4. The van der Waals surface area contributed by atoms with E-state index in [-0.39, 0.29) is 30.4 Å². The van der Waals surface area contributed by atoms with Crippen LogP contribution in [0.2, 0.25) is 0 Å². The molecule has 3 rings (SSSR count). The van der Waals surface area contributed by atoms with Crippen molar-refractivity contribution in [2.45, 2.75) is 44.7 Å². The van der Waals surface area contributed by atoms with Gasteiger partial charge in [0.15, 0.2) is 0 Å².